The maximum absolute atomic E-state index is 3.76. The summed E-state index contributed by atoms with van der Waals surface area (Å²) in [6.07, 6.45) is 1.97. The molecule has 0 aromatic rings. The molecule has 0 atom stereocenters. The van der Waals surface area contributed by atoms with E-state index < -0.39 is 0 Å². The van der Waals surface area contributed by atoms with Gasteiger partial charge in [0.15, 0.2) is 0 Å². The fourth-order valence-electron chi connectivity index (χ4n) is 0. The molecule has 0 aromatic heterocycles. The van der Waals surface area contributed by atoms with E-state index in [0.29, 0.717) is 0 Å². The lowest BCUT2D eigenvalue weighted by atomic mass is 10.7. The van der Waals surface area contributed by atoms with Crippen LogP contribution in [0, 0.1) is 0 Å². The Labute approximate surface area is 36.8 Å². The molecule has 4 heavy (non-hydrogen) atoms. The predicted octanol–water partition coefficient (Wildman–Crippen LogP) is 0.813. The molecule has 0 heterocycles. The summed E-state index contributed by atoms with van der Waals surface area (Å²) in [5.41, 5.74) is 0. The van der Waals surface area contributed by atoms with Crippen molar-refractivity contribution in [2.75, 3.05) is 6.26 Å². The Hall–Kier alpha value is 0.765. The summed E-state index contributed by atoms with van der Waals surface area (Å²) in [6.45, 7) is 0. The molecule has 0 aliphatic heterocycles. The highest BCUT2D eigenvalue weighted by Gasteiger charge is 1.62. The van der Waals surface area contributed by atoms with Gasteiger partial charge in [-0.2, -0.15) is 0 Å². The fourth-order valence-corrected chi connectivity index (χ4v) is 0. The van der Waals surface area contributed by atoms with Crippen LogP contribution in [0.1, 0.15) is 0 Å². The van der Waals surface area contributed by atoms with E-state index in [-0.39, 0.29) is 0 Å². The first-order valence-electron chi connectivity index (χ1n) is 0.902. The van der Waals surface area contributed by atoms with Gasteiger partial charge in [0.2, 0.25) is 0 Å². The van der Waals surface area contributed by atoms with Gasteiger partial charge in [0, 0.05) is 0 Å². The minimum atomic E-state index is 1.60. The number of hydrogen-bond acceptors (Lipinski definition) is 2. The molecule has 0 aliphatic rings. The molecule has 0 bridgehead atoms. The summed E-state index contributed by atoms with van der Waals surface area (Å²) in [4.78, 5) is 0. The van der Waals surface area contributed by atoms with Gasteiger partial charge in [0.05, 0.1) is 0 Å². The van der Waals surface area contributed by atoms with Gasteiger partial charge < -0.3 is 0 Å². The lowest BCUT2D eigenvalue weighted by molar-refractivity contribution is 2.54. The van der Waals surface area contributed by atoms with Crippen molar-refractivity contribution in [2.24, 2.45) is 0 Å². The molecule has 0 nitrogen and oxygen atoms in total. The monoisotopic (exact) mass is 91.0 g/mol. The third kappa shape index (κ3) is 2.76. The molecule has 0 aliphatic carbocycles. The van der Waals surface area contributed by atoms with Crippen molar-refractivity contribution in [3.8, 4) is 0 Å². The van der Waals surface area contributed by atoms with Gasteiger partial charge in [-0.15, -0.1) is 0 Å². The van der Waals surface area contributed by atoms with Gasteiger partial charge in [-0.1, -0.05) is 0 Å². The first kappa shape index (κ1) is 4.76. The molecule has 0 spiro atoms. The van der Waals surface area contributed by atoms with E-state index in [9.17, 15) is 0 Å². The third-order valence-corrected chi connectivity index (χ3v) is 0.949. The number of hydrogen-bond donors (Lipinski definition) is 1. The van der Waals surface area contributed by atoms with E-state index in [1.165, 1.54) is 0 Å². The Morgan fingerprint density at radius 3 is 2.25 bits per heavy atom. The van der Waals surface area contributed by atoms with Crippen molar-refractivity contribution in [1.29, 1.82) is 0 Å². The van der Waals surface area contributed by atoms with Gasteiger partial charge in [-0.25, -0.2) is 24.1 Å². The molecule has 0 amide bonds. The predicted molar refractivity (Wildman–Crippen MR) is 28.3 cm³/mol. The van der Waals surface area contributed by atoms with Crippen LogP contribution in [0.15, 0.2) is 0 Å². The Morgan fingerprint density at radius 1 is 2.00 bits per heavy atom. The average molecular weight is 91.0 g/mol. The van der Waals surface area contributed by atoms with E-state index in [1.54, 1.807) is 17.4 Å². The molecule has 0 rings (SSSR count). The second-order valence-electron chi connectivity index (χ2n) is 0.341. The zero-order valence-electron chi connectivity index (χ0n) is 2.43. The molecule has 0 saturated heterocycles. The molecule has 1 radical (unpaired) electrons. The van der Waals surface area contributed by atoms with Gasteiger partial charge in [-0.05, 0) is 6.26 Å². The van der Waals surface area contributed by atoms with E-state index in [0.717, 1.165) is 0 Å². The van der Waals surface area contributed by atoms with Crippen molar-refractivity contribution in [1.82, 2.24) is 0 Å². The molecule has 0 N–H and O–H groups in total. The van der Waals surface area contributed by atoms with Crippen LogP contribution in [0.3, 0.4) is 0 Å². The molecular formula is CH4BS2. The first-order chi connectivity index (χ1) is 1.91. The Bertz CT molecular complexity index is 8.00. The average Bonchev–Trinajstić information content (AvgIpc) is 1.37. The van der Waals surface area contributed by atoms with Crippen LogP contribution < -0.4 is 0 Å². The second-order valence-corrected chi connectivity index (χ2v) is 1.66. The zero-order valence-corrected chi connectivity index (χ0v) is 4.14. The van der Waals surface area contributed by atoms with Gasteiger partial charge in [0.25, 0.3) is 5.84 Å². The van der Waals surface area contributed by atoms with Crippen LogP contribution >= 0.6 is 24.1 Å². The highest BCUT2D eigenvalue weighted by molar-refractivity contribution is 8.44. The molecule has 0 saturated carbocycles. The lowest BCUT2D eigenvalue weighted by Gasteiger charge is -1.65. The molecule has 0 unspecified atom stereocenters. The SMILES string of the molecule is CS[B]S. The Balaban J connectivity index is 1.97. The van der Waals surface area contributed by atoms with E-state index in [1.807, 2.05) is 6.26 Å². The zero-order chi connectivity index (χ0) is 3.41. The third-order valence-electron chi connectivity index (χ3n) is 0.105. The van der Waals surface area contributed by atoms with Crippen LogP contribution in [-0.2, 0) is 0 Å². The standard InChI is InChI=1S/CH4BS2/c1-4-2-3/h3H,1H3. The van der Waals surface area contributed by atoms with Gasteiger partial charge in [0.1, 0.15) is 0 Å². The molecular weight excluding hydrogens is 87.0 g/mol. The van der Waals surface area contributed by atoms with Crippen molar-refractivity contribution < 1.29 is 0 Å². The van der Waals surface area contributed by atoms with Crippen LogP contribution in [0.5, 0.6) is 0 Å². The highest BCUT2D eigenvalue weighted by Crippen LogP contribution is 1.85. The van der Waals surface area contributed by atoms with E-state index in [4.69, 9.17) is 0 Å². The summed E-state index contributed by atoms with van der Waals surface area (Å²) in [7, 11) is 0. The molecule has 23 valence electrons. The highest BCUT2D eigenvalue weighted by atomic mass is 32.2. The Kier molecular flexibility index (Phi) is 4.48. The van der Waals surface area contributed by atoms with Gasteiger partial charge >= 0.3 is 0 Å². The van der Waals surface area contributed by atoms with Crippen molar-refractivity contribution in [3.63, 3.8) is 0 Å². The second kappa shape index (κ2) is 3.76. The summed E-state index contributed by atoms with van der Waals surface area (Å²) in [6, 6.07) is 0. The Morgan fingerprint density at radius 2 is 2.25 bits per heavy atom. The van der Waals surface area contributed by atoms with Crippen molar-refractivity contribution >= 4 is 29.9 Å². The molecule has 0 aromatic carbocycles. The summed E-state index contributed by atoms with van der Waals surface area (Å²) >= 11 is 5.35. The van der Waals surface area contributed by atoms with Crippen LogP contribution in [-0.4, -0.2) is 12.1 Å². The largest absolute Gasteiger partial charge is 0.263 e. The maximum Gasteiger partial charge on any atom is 0.263 e. The smallest absolute Gasteiger partial charge is 0.219 e. The minimum absolute atomic E-state index is 1.60. The number of rotatable bonds is 1. The summed E-state index contributed by atoms with van der Waals surface area (Å²) in [5.74, 6) is 1.74. The normalized spacial score (nSPS) is 6.50. The molecule has 3 heteroatoms. The van der Waals surface area contributed by atoms with Crippen LogP contribution in [0.2, 0.25) is 0 Å². The van der Waals surface area contributed by atoms with Crippen molar-refractivity contribution in [2.45, 2.75) is 0 Å². The van der Waals surface area contributed by atoms with Crippen LogP contribution in [0.4, 0.5) is 0 Å². The summed E-state index contributed by atoms with van der Waals surface area (Å²) in [5, 5.41) is 0. The van der Waals surface area contributed by atoms with Crippen LogP contribution in [0.25, 0.3) is 0 Å². The van der Waals surface area contributed by atoms with Crippen molar-refractivity contribution in [3.05, 3.63) is 0 Å². The molecule has 0 fully saturated rings. The van der Waals surface area contributed by atoms with E-state index in [2.05, 4.69) is 12.5 Å². The quantitative estimate of drug-likeness (QED) is 0.368. The summed E-state index contributed by atoms with van der Waals surface area (Å²) < 4.78 is 0. The maximum atomic E-state index is 3.76. The fraction of sp³-hybridized carbons (Fsp3) is 1.00. The topological polar surface area (TPSA) is 0 Å². The number of thiol groups is 1. The lowest BCUT2D eigenvalue weighted by Crippen LogP contribution is -1.54. The first-order valence-corrected chi connectivity index (χ1v) is 2.71. The van der Waals surface area contributed by atoms with E-state index >= 15 is 0 Å². The minimum Gasteiger partial charge on any atom is -0.219 e. The van der Waals surface area contributed by atoms with Gasteiger partial charge in [-0.3, -0.25) is 0 Å².